The van der Waals surface area contributed by atoms with Gasteiger partial charge >= 0.3 is 0 Å². The molecule has 0 aliphatic heterocycles. The zero-order valence-corrected chi connectivity index (χ0v) is 18.7. The monoisotopic (exact) mass is 452 g/mol. The van der Waals surface area contributed by atoms with Gasteiger partial charge in [-0.15, -0.1) is 0 Å². The summed E-state index contributed by atoms with van der Waals surface area (Å²) < 4.78 is 11.9. The van der Waals surface area contributed by atoms with Crippen LogP contribution in [0.1, 0.15) is 0 Å². The molecule has 0 unspecified atom stereocenters. The van der Waals surface area contributed by atoms with Crippen LogP contribution in [0, 0.1) is 0 Å². The first-order valence-electron chi connectivity index (χ1n) is 11.5. The number of para-hydroxylation sites is 3. The number of aromatic nitrogens is 1. The van der Waals surface area contributed by atoms with Crippen LogP contribution < -0.4 is 5.32 Å². The maximum absolute atomic E-state index is 6.05. The van der Waals surface area contributed by atoms with Gasteiger partial charge in [-0.2, -0.15) is 0 Å². The molecule has 7 aromatic rings. The molecule has 0 amide bonds. The number of rotatable bonds is 4. The van der Waals surface area contributed by atoms with Gasteiger partial charge in [0.25, 0.3) is 0 Å². The maximum Gasteiger partial charge on any atom is 0.227 e. The van der Waals surface area contributed by atoms with E-state index in [9.17, 15) is 0 Å². The van der Waals surface area contributed by atoms with Gasteiger partial charge in [0.05, 0.1) is 0 Å². The average molecular weight is 453 g/mol. The fraction of sp³-hybridized carbons (Fsp3) is 0. The fourth-order valence-corrected chi connectivity index (χ4v) is 4.51. The minimum Gasteiger partial charge on any atom is -0.456 e. The quantitative estimate of drug-likeness (QED) is 0.290. The molecule has 2 heterocycles. The zero-order valence-electron chi connectivity index (χ0n) is 18.7. The van der Waals surface area contributed by atoms with Crippen LogP contribution in [0.3, 0.4) is 0 Å². The Hall–Kier alpha value is -4.83. The Morgan fingerprint density at radius 2 is 1.11 bits per heavy atom. The SMILES string of the molecule is c1ccc2oc(-c3ccc(Nc4ccc(-c5ccc6c(c5)oc5ccccc56)cc4)cc3)nc2c1. The largest absolute Gasteiger partial charge is 0.456 e. The molecule has 0 aliphatic rings. The van der Waals surface area contributed by atoms with Gasteiger partial charge in [-0.05, 0) is 77.9 Å². The molecular weight excluding hydrogens is 432 g/mol. The van der Waals surface area contributed by atoms with Gasteiger partial charge in [0.1, 0.15) is 16.7 Å². The standard InChI is InChI=1S/C31H20N2O2/c1-3-7-28-25(5-1)26-18-13-22(19-30(26)34-28)20-9-14-23(15-10-20)32-24-16-11-21(12-17-24)31-33-27-6-2-4-8-29(27)35-31/h1-19,32H. The number of furan rings is 1. The lowest BCUT2D eigenvalue weighted by Crippen LogP contribution is -1.90. The van der Waals surface area contributed by atoms with Gasteiger partial charge in [-0.25, -0.2) is 4.98 Å². The lowest BCUT2D eigenvalue weighted by atomic mass is 10.0. The molecule has 4 heteroatoms. The lowest BCUT2D eigenvalue weighted by molar-refractivity contribution is 0.620. The third kappa shape index (κ3) is 3.52. The Morgan fingerprint density at radius 3 is 1.89 bits per heavy atom. The van der Waals surface area contributed by atoms with Crippen molar-refractivity contribution >= 4 is 44.4 Å². The second-order valence-corrected chi connectivity index (χ2v) is 8.58. The lowest BCUT2D eigenvalue weighted by Gasteiger charge is -2.08. The van der Waals surface area contributed by atoms with E-state index in [1.807, 2.05) is 66.7 Å². The van der Waals surface area contributed by atoms with E-state index in [0.29, 0.717) is 5.89 Å². The van der Waals surface area contributed by atoms with Crippen molar-refractivity contribution in [2.75, 3.05) is 5.32 Å². The molecule has 0 saturated heterocycles. The Kier molecular flexibility index (Phi) is 4.42. The third-order valence-corrected chi connectivity index (χ3v) is 6.31. The summed E-state index contributed by atoms with van der Waals surface area (Å²) in [6.45, 7) is 0. The number of nitrogens with zero attached hydrogens (tertiary/aromatic N) is 1. The smallest absolute Gasteiger partial charge is 0.227 e. The first kappa shape index (κ1) is 19.6. The second-order valence-electron chi connectivity index (χ2n) is 8.58. The fourth-order valence-electron chi connectivity index (χ4n) is 4.51. The maximum atomic E-state index is 6.05. The van der Waals surface area contributed by atoms with Crippen LogP contribution in [0.5, 0.6) is 0 Å². The number of benzene rings is 5. The van der Waals surface area contributed by atoms with E-state index in [1.165, 1.54) is 0 Å². The minimum absolute atomic E-state index is 0.628. The summed E-state index contributed by atoms with van der Waals surface area (Å²) in [6, 6.07) is 38.9. The van der Waals surface area contributed by atoms with Gasteiger partial charge in [-0.3, -0.25) is 0 Å². The van der Waals surface area contributed by atoms with E-state index >= 15 is 0 Å². The van der Waals surface area contributed by atoms with Gasteiger partial charge in [0.2, 0.25) is 5.89 Å². The van der Waals surface area contributed by atoms with Crippen LogP contribution >= 0.6 is 0 Å². The van der Waals surface area contributed by atoms with Crippen LogP contribution in [-0.2, 0) is 0 Å². The molecule has 0 fully saturated rings. The summed E-state index contributed by atoms with van der Waals surface area (Å²) in [5, 5.41) is 5.76. The molecule has 0 spiro atoms. The van der Waals surface area contributed by atoms with Crippen LogP contribution in [0.2, 0.25) is 0 Å². The van der Waals surface area contributed by atoms with Crippen molar-refractivity contribution in [1.82, 2.24) is 4.98 Å². The number of nitrogens with one attached hydrogen (secondary N) is 1. The Morgan fingerprint density at radius 1 is 0.486 bits per heavy atom. The molecule has 0 bridgehead atoms. The molecule has 4 nitrogen and oxygen atoms in total. The summed E-state index contributed by atoms with van der Waals surface area (Å²) in [5.41, 5.74) is 8.73. The predicted octanol–water partition coefficient (Wildman–Crippen LogP) is 8.80. The van der Waals surface area contributed by atoms with E-state index in [1.54, 1.807) is 0 Å². The topological polar surface area (TPSA) is 51.2 Å². The Bertz CT molecular complexity index is 1780. The van der Waals surface area contributed by atoms with E-state index in [-0.39, 0.29) is 0 Å². The number of oxazole rings is 1. The van der Waals surface area contributed by atoms with Crippen molar-refractivity contribution in [2.45, 2.75) is 0 Å². The molecular formula is C31H20N2O2. The summed E-state index contributed by atoms with van der Waals surface area (Å²) in [4.78, 5) is 4.57. The normalized spacial score (nSPS) is 11.4. The Labute approximate surface area is 201 Å². The minimum atomic E-state index is 0.628. The average Bonchev–Trinajstić information content (AvgIpc) is 3.51. The summed E-state index contributed by atoms with van der Waals surface area (Å²) >= 11 is 0. The van der Waals surface area contributed by atoms with Crippen molar-refractivity contribution in [1.29, 1.82) is 0 Å². The second kappa shape index (κ2) is 7.89. The van der Waals surface area contributed by atoms with Crippen LogP contribution in [0.15, 0.2) is 124 Å². The van der Waals surface area contributed by atoms with Crippen molar-refractivity contribution < 1.29 is 8.83 Å². The Balaban J connectivity index is 1.11. The molecule has 0 saturated carbocycles. The van der Waals surface area contributed by atoms with Gasteiger partial charge in [0.15, 0.2) is 5.58 Å². The third-order valence-electron chi connectivity index (χ3n) is 6.31. The first-order valence-corrected chi connectivity index (χ1v) is 11.5. The van der Waals surface area contributed by atoms with Gasteiger partial charge in [-0.1, -0.05) is 48.5 Å². The number of fused-ring (bicyclic) bond motifs is 4. The molecule has 2 aromatic heterocycles. The summed E-state index contributed by atoms with van der Waals surface area (Å²) in [7, 11) is 0. The molecule has 0 aliphatic carbocycles. The molecule has 0 atom stereocenters. The van der Waals surface area contributed by atoms with E-state index in [2.05, 4.69) is 58.8 Å². The van der Waals surface area contributed by atoms with E-state index in [0.717, 1.165) is 61.1 Å². The molecule has 0 radical (unpaired) electrons. The number of hydrogen-bond acceptors (Lipinski definition) is 4. The molecule has 166 valence electrons. The van der Waals surface area contributed by atoms with Gasteiger partial charge in [0, 0.05) is 27.7 Å². The highest BCUT2D eigenvalue weighted by molar-refractivity contribution is 6.05. The van der Waals surface area contributed by atoms with Crippen molar-refractivity contribution in [2.24, 2.45) is 0 Å². The highest BCUT2D eigenvalue weighted by atomic mass is 16.3. The molecule has 5 aromatic carbocycles. The molecule has 1 N–H and O–H groups in total. The number of anilines is 2. The zero-order chi connectivity index (χ0) is 23.2. The van der Waals surface area contributed by atoms with Crippen LogP contribution in [0.4, 0.5) is 11.4 Å². The summed E-state index contributed by atoms with van der Waals surface area (Å²) in [6.07, 6.45) is 0. The van der Waals surface area contributed by atoms with E-state index < -0.39 is 0 Å². The highest BCUT2D eigenvalue weighted by Crippen LogP contribution is 2.33. The van der Waals surface area contributed by atoms with Gasteiger partial charge < -0.3 is 14.2 Å². The van der Waals surface area contributed by atoms with Crippen LogP contribution in [-0.4, -0.2) is 4.98 Å². The molecule has 7 rings (SSSR count). The van der Waals surface area contributed by atoms with Crippen molar-refractivity contribution in [3.63, 3.8) is 0 Å². The van der Waals surface area contributed by atoms with Crippen molar-refractivity contribution in [3.8, 4) is 22.6 Å². The van der Waals surface area contributed by atoms with E-state index in [4.69, 9.17) is 8.83 Å². The summed E-state index contributed by atoms with van der Waals surface area (Å²) in [5.74, 6) is 0.628. The molecule has 35 heavy (non-hydrogen) atoms. The van der Waals surface area contributed by atoms with Crippen molar-refractivity contribution in [3.05, 3.63) is 115 Å². The number of hydrogen-bond donors (Lipinski definition) is 1. The predicted molar refractivity (Wildman–Crippen MR) is 142 cm³/mol. The first-order chi connectivity index (χ1) is 17.3. The highest BCUT2D eigenvalue weighted by Gasteiger charge is 2.09. The van der Waals surface area contributed by atoms with Crippen LogP contribution in [0.25, 0.3) is 55.6 Å².